The Labute approximate surface area is 206 Å². The van der Waals surface area contributed by atoms with E-state index in [1.165, 1.54) is 25.0 Å². The van der Waals surface area contributed by atoms with E-state index in [0.29, 0.717) is 24.3 Å². The first-order valence-electron chi connectivity index (χ1n) is 12.5. The van der Waals surface area contributed by atoms with Crippen LogP contribution in [0.25, 0.3) is 10.9 Å². The third-order valence-corrected chi connectivity index (χ3v) is 8.50. The zero-order chi connectivity index (χ0) is 24.3. The molecule has 3 N–H and O–H groups in total. The van der Waals surface area contributed by atoms with Crippen LogP contribution in [0.15, 0.2) is 53.4 Å². The fourth-order valence-corrected chi connectivity index (χ4v) is 5.77. The van der Waals surface area contributed by atoms with Crippen molar-refractivity contribution in [2.45, 2.75) is 43.4 Å². The molecule has 3 aromatic rings. The summed E-state index contributed by atoms with van der Waals surface area (Å²) in [6.07, 6.45) is 6.55. The van der Waals surface area contributed by atoms with E-state index in [1.807, 2.05) is 18.2 Å². The molecule has 5 rings (SSSR count). The molecule has 2 fully saturated rings. The van der Waals surface area contributed by atoms with Gasteiger partial charge in [-0.2, -0.15) is 4.98 Å². The first-order valence-corrected chi connectivity index (χ1v) is 13.9. The Hall–Kier alpha value is -2.78. The highest BCUT2D eigenvalue weighted by Gasteiger charge is 2.24. The lowest BCUT2D eigenvalue weighted by atomic mass is 9.82. The number of hydrogen-bond acceptors (Lipinski definition) is 6. The second-order valence-electron chi connectivity index (χ2n) is 9.81. The van der Waals surface area contributed by atoms with Gasteiger partial charge in [0.05, 0.1) is 10.4 Å². The number of halogens is 1. The lowest BCUT2D eigenvalue weighted by molar-refractivity contribution is 0.284. The van der Waals surface area contributed by atoms with Crippen LogP contribution in [-0.4, -0.2) is 38.0 Å². The van der Waals surface area contributed by atoms with Gasteiger partial charge in [-0.25, -0.2) is 22.5 Å². The third-order valence-electron chi connectivity index (χ3n) is 7.06. The third kappa shape index (κ3) is 6.27. The molecule has 2 aliphatic carbocycles. The van der Waals surface area contributed by atoms with Crippen molar-refractivity contribution in [2.24, 2.45) is 17.8 Å². The van der Waals surface area contributed by atoms with E-state index in [1.54, 1.807) is 0 Å². The van der Waals surface area contributed by atoms with Gasteiger partial charge in [-0.1, -0.05) is 12.1 Å². The first kappa shape index (κ1) is 23.9. The molecule has 186 valence electrons. The summed E-state index contributed by atoms with van der Waals surface area (Å²) >= 11 is 0. The zero-order valence-corrected chi connectivity index (χ0v) is 20.5. The lowest BCUT2D eigenvalue weighted by Crippen LogP contribution is -2.32. The highest BCUT2D eigenvalue weighted by Crippen LogP contribution is 2.31. The molecule has 2 saturated carbocycles. The molecular formula is C26H32FN5O2S. The zero-order valence-electron chi connectivity index (χ0n) is 19.7. The molecule has 0 amide bonds. The molecule has 2 aromatic carbocycles. The molecule has 9 heteroatoms. The van der Waals surface area contributed by atoms with E-state index < -0.39 is 15.8 Å². The van der Waals surface area contributed by atoms with Crippen molar-refractivity contribution >= 4 is 32.7 Å². The standard InChI is InChI=1S/C26H32FN5O2S/c27-21-11-13-22(14-12-21)35(33,34)30-17-20-9-7-19(8-10-20)16-29-26-31-24-4-2-1-3-23(24)25(32-26)28-15-18-5-6-18/h1-4,11-14,18-20,30H,5-10,15-17H2,(H2,28,29,31,32). The van der Waals surface area contributed by atoms with Gasteiger partial charge in [-0.3, -0.25) is 0 Å². The van der Waals surface area contributed by atoms with Gasteiger partial charge in [0.2, 0.25) is 16.0 Å². The second kappa shape index (κ2) is 10.5. The average molecular weight is 498 g/mol. The fraction of sp³-hybridized carbons (Fsp3) is 0.462. The normalized spacial score (nSPS) is 20.6. The molecular weight excluding hydrogens is 465 g/mol. The average Bonchev–Trinajstić information content (AvgIpc) is 3.70. The van der Waals surface area contributed by atoms with Crippen molar-refractivity contribution in [1.29, 1.82) is 0 Å². The summed E-state index contributed by atoms with van der Waals surface area (Å²) in [5.74, 6) is 2.65. The smallest absolute Gasteiger partial charge is 0.240 e. The molecule has 2 aliphatic rings. The predicted octanol–water partition coefficient (Wildman–Crippen LogP) is 4.79. The van der Waals surface area contributed by atoms with Crippen LogP contribution in [0.2, 0.25) is 0 Å². The van der Waals surface area contributed by atoms with E-state index in [2.05, 4.69) is 21.4 Å². The summed E-state index contributed by atoms with van der Waals surface area (Å²) in [5, 5.41) is 8.00. The van der Waals surface area contributed by atoms with Crippen molar-refractivity contribution < 1.29 is 12.8 Å². The van der Waals surface area contributed by atoms with Crippen molar-refractivity contribution in [3.05, 3.63) is 54.3 Å². The molecule has 0 spiro atoms. The Morgan fingerprint density at radius 2 is 1.37 bits per heavy atom. The molecule has 0 atom stereocenters. The molecule has 0 aliphatic heterocycles. The van der Waals surface area contributed by atoms with Crippen molar-refractivity contribution in [1.82, 2.24) is 14.7 Å². The molecule has 0 radical (unpaired) electrons. The van der Waals surface area contributed by atoms with Crippen LogP contribution in [0.4, 0.5) is 16.2 Å². The van der Waals surface area contributed by atoms with E-state index in [4.69, 9.17) is 9.97 Å². The van der Waals surface area contributed by atoms with Gasteiger partial charge in [-0.15, -0.1) is 0 Å². The van der Waals surface area contributed by atoms with Crippen molar-refractivity contribution in [3.8, 4) is 0 Å². The molecule has 1 aromatic heterocycles. The fourth-order valence-electron chi connectivity index (χ4n) is 4.65. The number of rotatable bonds is 10. The lowest BCUT2D eigenvalue weighted by Gasteiger charge is -2.28. The summed E-state index contributed by atoms with van der Waals surface area (Å²) in [6.45, 7) is 2.16. The number of nitrogens with one attached hydrogen (secondary N) is 3. The largest absolute Gasteiger partial charge is 0.369 e. The number of aromatic nitrogens is 2. The van der Waals surface area contributed by atoms with Gasteiger partial charge in [0.15, 0.2) is 0 Å². The summed E-state index contributed by atoms with van der Waals surface area (Å²) < 4.78 is 40.7. The van der Waals surface area contributed by atoms with Crippen LogP contribution >= 0.6 is 0 Å². The minimum absolute atomic E-state index is 0.0955. The van der Waals surface area contributed by atoms with Gasteiger partial charge in [0.25, 0.3) is 0 Å². The van der Waals surface area contributed by atoms with E-state index in [0.717, 1.165) is 73.5 Å². The number of nitrogens with zero attached hydrogens (tertiary/aromatic N) is 2. The number of hydrogen-bond donors (Lipinski definition) is 3. The highest BCUT2D eigenvalue weighted by atomic mass is 32.2. The summed E-state index contributed by atoms with van der Waals surface area (Å²) in [6, 6.07) is 13.0. The maximum absolute atomic E-state index is 13.1. The van der Waals surface area contributed by atoms with E-state index >= 15 is 0 Å². The molecule has 1 heterocycles. The van der Waals surface area contributed by atoms with Crippen LogP contribution < -0.4 is 15.4 Å². The van der Waals surface area contributed by atoms with Crippen LogP contribution in [0.1, 0.15) is 38.5 Å². The Kier molecular flexibility index (Phi) is 7.15. The van der Waals surface area contributed by atoms with Crippen LogP contribution in [-0.2, 0) is 10.0 Å². The van der Waals surface area contributed by atoms with Gasteiger partial charge < -0.3 is 10.6 Å². The Balaban J connectivity index is 1.11. The van der Waals surface area contributed by atoms with Crippen molar-refractivity contribution in [2.75, 3.05) is 30.3 Å². The quantitative estimate of drug-likeness (QED) is 0.373. The molecule has 0 unspecified atom stereocenters. The molecule has 0 bridgehead atoms. The van der Waals surface area contributed by atoms with Gasteiger partial charge in [0, 0.05) is 25.0 Å². The predicted molar refractivity (Wildman–Crippen MR) is 136 cm³/mol. The number of para-hydroxylation sites is 1. The Morgan fingerprint density at radius 3 is 2.06 bits per heavy atom. The summed E-state index contributed by atoms with van der Waals surface area (Å²) in [7, 11) is -3.62. The topological polar surface area (TPSA) is 96.0 Å². The number of sulfonamides is 1. The summed E-state index contributed by atoms with van der Waals surface area (Å²) in [4.78, 5) is 9.56. The highest BCUT2D eigenvalue weighted by molar-refractivity contribution is 7.89. The van der Waals surface area contributed by atoms with Crippen LogP contribution in [0, 0.1) is 23.6 Å². The number of anilines is 2. The molecule has 0 saturated heterocycles. The second-order valence-corrected chi connectivity index (χ2v) is 11.6. The summed E-state index contributed by atoms with van der Waals surface area (Å²) in [5.41, 5.74) is 0.931. The maximum atomic E-state index is 13.1. The van der Waals surface area contributed by atoms with Gasteiger partial charge in [0.1, 0.15) is 11.6 Å². The Morgan fingerprint density at radius 1 is 0.771 bits per heavy atom. The van der Waals surface area contributed by atoms with E-state index in [-0.39, 0.29) is 4.90 Å². The molecule has 35 heavy (non-hydrogen) atoms. The van der Waals surface area contributed by atoms with Crippen molar-refractivity contribution in [3.63, 3.8) is 0 Å². The molecule has 7 nitrogen and oxygen atoms in total. The first-order chi connectivity index (χ1) is 17.0. The SMILES string of the molecule is O=S(=O)(NCC1CCC(CNc2nc(NCC3CC3)c3ccccc3n2)CC1)c1ccc(F)cc1. The van der Waals surface area contributed by atoms with E-state index in [9.17, 15) is 12.8 Å². The monoisotopic (exact) mass is 497 g/mol. The maximum Gasteiger partial charge on any atom is 0.240 e. The number of benzene rings is 2. The minimum Gasteiger partial charge on any atom is -0.369 e. The van der Waals surface area contributed by atoms with Gasteiger partial charge >= 0.3 is 0 Å². The van der Waals surface area contributed by atoms with Gasteiger partial charge in [-0.05, 0) is 92.7 Å². The van der Waals surface area contributed by atoms with Crippen LogP contribution in [0.5, 0.6) is 0 Å². The number of fused-ring (bicyclic) bond motifs is 1. The van der Waals surface area contributed by atoms with Crippen LogP contribution in [0.3, 0.4) is 0 Å². The Bertz CT molecular complexity index is 1260. The minimum atomic E-state index is -3.62.